The van der Waals surface area contributed by atoms with Crippen molar-refractivity contribution >= 4 is 11.8 Å². The lowest BCUT2D eigenvalue weighted by atomic mass is 10.1. The molecular formula is C19H23N5O. The van der Waals surface area contributed by atoms with Gasteiger partial charge in [0.2, 0.25) is 0 Å². The third-order valence-electron chi connectivity index (χ3n) is 4.98. The summed E-state index contributed by atoms with van der Waals surface area (Å²) in [5, 5.41) is 3.18. The first kappa shape index (κ1) is 15.9. The molecule has 1 aromatic heterocycles. The highest BCUT2D eigenvalue weighted by atomic mass is 16.2. The summed E-state index contributed by atoms with van der Waals surface area (Å²) >= 11 is 0. The minimum Gasteiger partial charge on any atom is -0.353 e. The van der Waals surface area contributed by atoms with Crippen LogP contribution in [0.15, 0.2) is 42.6 Å². The van der Waals surface area contributed by atoms with Gasteiger partial charge in [0.1, 0.15) is 11.6 Å². The summed E-state index contributed by atoms with van der Waals surface area (Å²) in [5.41, 5.74) is 1.32. The van der Waals surface area contributed by atoms with Gasteiger partial charge in [0.05, 0.1) is 0 Å². The van der Waals surface area contributed by atoms with Gasteiger partial charge in [-0.05, 0) is 25.0 Å². The summed E-state index contributed by atoms with van der Waals surface area (Å²) in [7, 11) is 0. The number of amides is 2. The Labute approximate surface area is 147 Å². The molecule has 2 heterocycles. The second-order valence-corrected chi connectivity index (χ2v) is 6.75. The zero-order valence-electron chi connectivity index (χ0n) is 14.4. The first-order valence-corrected chi connectivity index (χ1v) is 8.86. The summed E-state index contributed by atoms with van der Waals surface area (Å²) in [5.74, 6) is 2.19. The van der Waals surface area contributed by atoms with Crippen molar-refractivity contribution < 1.29 is 4.79 Å². The lowest BCUT2D eigenvalue weighted by molar-refractivity contribution is 0.193. The Balaban J connectivity index is 1.28. The van der Waals surface area contributed by atoms with Crippen LogP contribution in [0.3, 0.4) is 0 Å². The topological polar surface area (TPSA) is 61.4 Å². The minimum absolute atomic E-state index is 0.0574. The average Bonchev–Trinajstić information content (AvgIpc) is 3.42. The fraction of sp³-hybridized carbons (Fsp3) is 0.421. The molecule has 2 fully saturated rings. The zero-order valence-corrected chi connectivity index (χ0v) is 14.4. The van der Waals surface area contributed by atoms with Crippen molar-refractivity contribution in [2.24, 2.45) is 0 Å². The zero-order chi connectivity index (χ0) is 17.2. The SMILES string of the molecule is Cc1nccc(N2CCN(C(=O)N[C@H]3C[C@@H]3c3ccccc3)CC2)n1. The van der Waals surface area contributed by atoms with E-state index in [0.29, 0.717) is 5.92 Å². The van der Waals surface area contributed by atoms with Crippen LogP contribution >= 0.6 is 0 Å². The van der Waals surface area contributed by atoms with E-state index >= 15 is 0 Å². The third kappa shape index (κ3) is 3.57. The number of urea groups is 1. The molecule has 1 aromatic carbocycles. The first-order valence-electron chi connectivity index (χ1n) is 8.86. The van der Waals surface area contributed by atoms with Crippen LogP contribution in [0.1, 0.15) is 23.7 Å². The smallest absolute Gasteiger partial charge is 0.317 e. The van der Waals surface area contributed by atoms with Gasteiger partial charge >= 0.3 is 6.03 Å². The number of aromatic nitrogens is 2. The number of rotatable bonds is 3. The Kier molecular flexibility index (Phi) is 4.26. The molecule has 1 N–H and O–H groups in total. The Morgan fingerprint density at radius 1 is 1.12 bits per heavy atom. The molecule has 25 heavy (non-hydrogen) atoms. The predicted molar refractivity (Wildman–Crippen MR) is 96.7 cm³/mol. The summed E-state index contributed by atoms with van der Waals surface area (Å²) in [6.45, 7) is 4.94. The van der Waals surface area contributed by atoms with E-state index < -0.39 is 0 Å². The molecule has 2 atom stereocenters. The van der Waals surface area contributed by atoms with Crippen LogP contribution in [-0.2, 0) is 0 Å². The van der Waals surface area contributed by atoms with Crippen molar-refractivity contribution in [3.63, 3.8) is 0 Å². The quantitative estimate of drug-likeness (QED) is 0.932. The number of hydrogen-bond acceptors (Lipinski definition) is 4. The van der Waals surface area contributed by atoms with E-state index in [4.69, 9.17) is 0 Å². The van der Waals surface area contributed by atoms with Crippen molar-refractivity contribution in [1.82, 2.24) is 20.2 Å². The van der Waals surface area contributed by atoms with E-state index in [2.05, 4.69) is 44.5 Å². The summed E-state index contributed by atoms with van der Waals surface area (Å²) in [4.78, 5) is 25.2. The van der Waals surface area contributed by atoms with Gasteiger partial charge in [0.25, 0.3) is 0 Å². The largest absolute Gasteiger partial charge is 0.353 e. The Bertz CT molecular complexity index is 742. The molecule has 2 aliphatic rings. The van der Waals surface area contributed by atoms with Gasteiger partial charge < -0.3 is 15.1 Å². The van der Waals surface area contributed by atoms with E-state index in [1.807, 2.05) is 24.0 Å². The van der Waals surface area contributed by atoms with Crippen LogP contribution in [0.4, 0.5) is 10.6 Å². The Morgan fingerprint density at radius 3 is 2.60 bits per heavy atom. The molecule has 6 heteroatoms. The van der Waals surface area contributed by atoms with Crippen molar-refractivity contribution in [2.75, 3.05) is 31.1 Å². The predicted octanol–water partition coefficient (Wildman–Crippen LogP) is 2.17. The van der Waals surface area contributed by atoms with Crippen LogP contribution in [-0.4, -0.2) is 53.1 Å². The van der Waals surface area contributed by atoms with Crippen LogP contribution in [0.25, 0.3) is 0 Å². The molecule has 2 amide bonds. The Hall–Kier alpha value is -2.63. The molecule has 0 bridgehead atoms. The highest BCUT2D eigenvalue weighted by Crippen LogP contribution is 2.40. The summed E-state index contributed by atoms with van der Waals surface area (Å²) in [6, 6.07) is 12.7. The lowest BCUT2D eigenvalue weighted by Crippen LogP contribution is -2.52. The number of nitrogens with zero attached hydrogens (tertiary/aromatic N) is 4. The molecule has 6 nitrogen and oxygen atoms in total. The average molecular weight is 337 g/mol. The Morgan fingerprint density at radius 2 is 1.88 bits per heavy atom. The molecule has 1 aliphatic heterocycles. The molecule has 1 aliphatic carbocycles. The summed E-state index contributed by atoms with van der Waals surface area (Å²) < 4.78 is 0. The fourth-order valence-electron chi connectivity index (χ4n) is 3.43. The number of aryl methyl sites for hydroxylation is 1. The standard InChI is InChI=1S/C19H23N5O/c1-14-20-8-7-18(21-14)23-9-11-24(12-10-23)19(25)22-17-13-16(17)15-5-3-2-4-6-15/h2-8,16-17H,9-13H2,1H3,(H,22,25)/t16-,17+/m1/s1. The molecule has 1 saturated carbocycles. The maximum absolute atomic E-state index is 12.5. The lowest BCUT2D eigenvalue weighted by Gasteiger charge is -2.35. The fourth-order valence-corrected chi connectivity index (χ4v) is 3.43. The van der Waals surface area contributed by atoms with Crippen molar-refractivity contribution in [3.05, 3.63) is 54.0 Å². The molecule has 0 spiro atoms. The molecule has 0 unspecified atom stereocenters. The second-order valence-electron chi connectivity index (χ2n) is 6.75. The van der Waals surface area contributed by atoms with Gasteiger partial charge in [-0.15, -0.1) is 0 Å². The van der Waals surface area contributed by atoms with E-state index in [0.717, 1.165) is 44.2 Å². The van der Waals surface area contributed by atoms with Gasteiger partial charge in [0, 0.05) is 44.3 Å². The van der Waals surface area contributed by atoms with E-state index in [9.17, 15) is 4.79 Å². The molecule has 1 saturated heterocycles. The summed E-state index contributed by atoms with van der Waals surface area (Å²) in [6.07, 6.45) is 2.82. The molecule has 130 valence electrons. The highest BCUT2D eigenvalue weighted by molar-refractivity contribution is 5.75. The number of anilines is 1. The van der Waals surface area contributed by atoms with Gasteiger partial charge in [-0.1, -0.05) is 30.3 Å². The van der Waals surface area contributed by atoms with Crippen LogP contribution < -0.4 is 10.2 Å². The van der Waals surface area contributed by atoms with Crippen molar-refractivity contribution in [1.29, 1.82) is 0 Å². The number of benzene rings is 1. The monoisotopic (exact) mass is 337 g/mol. The first-order chi connectivity index (χ1) is 12.2. The second kappa shape index (κ2) is 6.70. The molecule has 0 radical (unpaired) electrons. The van der Waals surface area contributed by atoms with Gasteiger partial charge in [-0.3, -0.25) is 0 Å². The third-order valence-corrected chi connectivity index (χ3v) is 4.98. The van der Waals surface area contributed by atoms with E-state index in [1.165, 1.54) is 5.56 Å². The maximum atomic E-state index is 12.5. The van der Waals surface area contributed by atoms with Gasteiger partial charge in [-0.25, -0.2) is 14.8 Å². The van der Waals surface area contributed by atoms with Crippen LogP contribution in [0, 0.1) is 6.92 Å². The van der Waals surface area contributed by atoms with E-state index in [-0.39, 0.29) is 12.1 Å². The normalized spacial score (nSPS) is 22.6. The number of carbonyl (C=O) groups is 1. The van der Waals surface area contributed by atoms with Gasteiger partial charge in [-0.2, -0.15) is 0 Å². The number of piperazine rings is 1. The number of hydrogen-bond donors (Lipinski definition) is 1. The van der Waals surface area contributed by atoms with E-state index in [1.54, 1.807) is 6.20 Å². The van der Waals surface area contributed by atoms with Crippen LogP contribution in [0.5, 0.6) is 0 Å². The molecular weight excluding hydrogens is 314 g/mol. The molecule has 4 rings (SSSR count). The van der Waals surface area contributed by atoms with Gasteiger partial charge in [0.15, 0.2) is 0 Å². The maximum Gasteiger partial charge on any atom is 0.317 e. The number of nitrogens with one attached hydrogen (secondary N) is 1. The van der Waals surface area contributed by atoms with Crippen molar-refractivity contribution in [3.8, 4) is 0 Å². The molecule has 2 aromatic rings. The highest BCUT2D eigenvalue weighted by Gasteiger charge is 2.40. The number of carbonyl (C=O) groups excluding carboxylic acids is 1. The van der Waals surface area contributed by atoms with Crippen LogP contribution in [0.2, 0.25) is 0 Å². The minimum atomic E-state index is 0.0574. The van der Waals surface area contributed by atoms with Crippen molar-refractivity contribution in [2.45, 2.75) is 25.3 Å².